The van der Waals surface area contributed by atoms with E-state index in [2.05, 4.69) is 101 Å². The highest BCUT2D eigenvalue weighted by Crippen LogP contribution is 2.41. The Kier molecular flexibility index (Phi) is 64.4. The molecule has 3 fully saturated rings. The van der Waals surface area contributed by atoms with Crippen LogP contribution in [-0.4, -0.2) is 233 Å². The van der Waals surface area contributed by atoms with Gasteiger partial charge in [0.05, 0.1) is 6.04 Å². The maximum Gasteiger partial charge on any atom is 0.490 e. The number of carbonyl (C=O) groups is 12. The minimum absolute atomic E-state index is 0. The molecule has 0 aliphatic carbocycles. The van der Waals surface area contributed by atoms with Gasteiger partial charge in [0, 0.05) is 35.9 Å². The van der Waals surface area contributed by atoms with E-state index >= 15 is 0 Å². The number of alkyl halides is 9. The summed E-state index contributed by atoms with van der Waals surface area (Å²) in [6, 6.07) is 18.1. The highest BCUT2D eigenvalue weighted by Gasteiger charge is 2.43. The quantitative estimate of drug-likeness (QED) is 0.0202. The third-order valence-electron chi connectivity index (χ3n) is 21.2. The molecule has 0 bridgehead atoms. The van der Waals surface area contributed by atoms with Gasteiger partial charge in [-0.3, -0.25) is 9.59 Å². The summed E-state index contributed by atoms with van der Waals surface area (Å²) in [5.41, 5.74) is 8.11. The Balaban J connectivity index is -0.000000388. The average molecular weight is 2000 g/mol. The third kappa shape index (κ3) is 49.9. The molecular weight excluding hydrogens is 1850 g/mol. The van der Waals surface area contributed by atoms with Gasteiger partial charge in [0.25, 0.3) is 0 Å². The molecule has 0 saturated carbocycles. The molecule has 3 heterocycles. The second-order valence-electron chi connectivity index (χ2n) is 34.9. The molecular formula is C88H145ClF9N9O21S4. The Labute approximate surface area is 803 Å². The van der Waals surface area contributed by atoms with Gasteiger partial charge in [0.2, 0.25) is 11.8 Å². The summed E-state index contributed by atoms with van der Waals surface area (Å²) in [5.74, 6) is -11.6. The Hall–Kier alpha value is -8.20. The largest absolute Gasteiger partial charge is 0.490 e. The van der Waals surface area contributed by atoms with E-state index in [1.165, 1.54) is 31.2 Å². The van der Waals surface area contributed by atoms with Crippen molar-refractivity contribution in [1.82, 2.24) is 41.3 Å². The molecule has 3 aliphatic rings. The lowest BCUT2D eigenvalue weighted by Crippen LogP contribution is -2.56. The van der Waals surface area contributed by atoms with Gasteiger partial charge in [0.15, 0.2) is 0 Å². The molecule has 9 atom stereocenters. The molecule has 12 N–H and O–H groups in total. The number of rotatable bonds is 26. The van der Waals surface area contributed by atoms with Gasteiger partial charge < -0.3 is 96.3 Å². The highest BCUT2D eigenvalue weighted by molar-refractivity contribution is 7.59. The van der Waals surface area contributed by atoms with Crippen LogP contribution in [0.25, 0.3) is 0 Å². The molecule has 132 heavy (non-hydrogen) atoms. The first-order valence-corrected chi connectivity index (χ1v) is 42.2. The van der Waals surface area contributed by atoms with Gasteiger partial charge >= 0.3 is 72.6 Å². The zero-order valence-corrected chi connectivity index (χ0v) is 84.0. The number of likely N-dealkylation sites (N-methyl/N-ethyl adjacent to an activating group) is 3. The van der Waals surface area contributed by atoms with E-state index in [1.54, 1.807) is 80.5 Å². The molecule has 762 valence electrons. The van der Waals surface area contributed by atoms with E-state index in [4.69, 9.17) is 54.4 Å². The van der Waals surface area contributed by atoms with Crippen molar-refractivity contribution in [1.29, 1.82) is 0 Å². The normalized spacial score (nSPS) is 18.3. The molecule has 0 aromatic heterocycles. The maximum atomic E-state index is 13.2. The zero-order chi connectivity index (χ0) is 98.3. The molecule has 3 saturated heterocycles. The number of aldehydes is 1. The monoisotopic (exact) mass is 2000 g/mol. The number of halogens is 10. The van der Waals surface area contributed by atoms with Crippen molar-refractivity contribution in [2.45, 2.75) is 278 Å². The van der Waals surface area contributed by atoms with Gasteiger partial charge in [-0.25, -0.2) is 43.2 Å². The number of carboxylic acids is 5. The predicted octanol–water partition coefficient (Wildman–Crippen LogP) is 15.4. The SMILES string of the molecule is CC(C)[C@H](N)C=O.CCC1(c2cccc(OC(=O)N[C@H](C(=O)N[C@H](C(=O)O)C(C)C)C(C)C)c2)CCCCN(C)C1.CCC1(c2cccc(OC(=O)N[C@H](C(=O)N[C@H](C(=O)OC(C)(C)C)C(C)C)C(C)C)c2)CCCCN(C)C1.CCC1(c2cccc(OC(=O)N[C@H](C(=O)O)C(C)C)c2)CCCCN(C)C1.Cl.O=C(O)C(F)(F)F.O=C(O)C(F)(F)F.O=C(O)C(F)(F)F.S.S.S.S. The van der Waals surface area contributed by atoms with Crippen molar-refractivity contribution in [2.24, 2.45) is 41.2 Å². The maximum absolute atomic E-state index is 13.2. The molecule has 30 nitrogen and oxygen atoms in total. The van der Waals surface area contributed by atoms with Crippen LogP contribution in [0.15, 0.2) is 72.8 Å². The van der Waals surface area contributed by atoms with Crippen LogP contribution in [0.1, 0.15) is 218 Å². The lowest BCUT2D eigenvalue weighted by atomic mass is 9.74. The van der Waals surface area contributed by atoms with E-state index in [-0.39, 0.29) is 124 Å². The molecule has 0 radical (unpaired) electrons. The van der Waals surface area contributed by atoms with Crippen LogP contribution < -0.4 is 46.5 Å². The topological polar surface area (TPSA) is 439 Å². The van der Waals surface area contributed by atoms with Crippen LogP contribution in [0.5, 0.6) is 17.2 Å². The van der Waals surface area contributed by atoms with Crippen LogP contribution in [0.4, 0.5) is 53.9 Å². The Morgan fingerprint density at radius 2 is 0.644 bits per heavy atom. The van der Waals surface area contributed by atoms with Gasteiger partial charge in [-0.1, -0.05) is 160 Å². The summed E-state index contributed by atoms with van der Waals surface area (Å²) >= 11 is 0. The predicted molar refractivity (Wildman–Crippen MR) is 506 cm³/mol. The number of benzene rings is 3. The van der Waals surface area contributed by atoms with E-state index < -0.39 is 120 Å². The first kappa shape index (κ1) is 135. The van der Waals surface area contributed by atoms with Crippen molar-refractivity contribution in [3.8, 4) is 17.2 Å². The van der Waals surface area contributed by atoms with Gasteiger partial charge in [-0.15, -0.1) is 12.4 Å². The fraction of sp³-hybridized carbons (Fsp3) is 0.659. The van der Waals surface area contributed by atoms with Crippen molar-refractivity contribution < 1.29 is 142 Å². The Morgan fingerprint density at radius 3 is 0.841 bits per heavy atom. The zero-order valence-electron chi connectivity index (χ0n) is 79.2. The number of nitrogens with one attached hydrogen (secondary N) is 5. The van der Waals surface area contributed by atoms with Crippen molar-refractivity contribution in [3.05, 3.63) is 89.5 Å². The van der Waals surface area contributed by atoms with Crippen LogP contribution in [-0.2, 0) is 64.1 Å². The van der Waals surface area contributed by atoms with Crippen molar-refractivity contribution in [3.63, 3.8) is 0 Å². The van der Waals surface area contributed by atoms with E-state index in [9.17, 15) is 92.9 Å². The second kappa shape index (κ2) is 63.2. The minimum atomic E-state index is -5.08. The average Bonchev–Trinajstić information content (AvgIpc) is 1.29. The number of likely N-dealkylation sites (tertiary alicyclic amines) is 3. The number of nitrogens with zero attached hydrogens (tertiary/aromatic N) is 3. The van der Waals surface area contributed by atoms with Crippen LogP contribution >= 0.6 is 66.4 Å². The number of ether oxygens (including phenoxy) is 4. The van der Waals surface area contributed by atoms with E-state index in [1.807, 2.05) is 77.9 Å². The van der Waals surface area contributed by atoms with Crippen LogP contribution in [0.2, 0.25) is 0 Å². The molecule has 3 aromatic carbocycles. The first-order valence-electron chi connectivity index (χ1n) is 42.2. The Bertz CT molecular complexity index is 3950. The number of carboxylic acid groups (broad SMARTS) is 5. The van der Waals surface area contributed by atoms with Crippen molar-refractivity contribution in [2.75, 3.05) is 60.4 Å². The summed E-state index contributed by atoms with van der Waals surface area (Å²) in [6.07, 6.45) is -3.34. The number of aliphatic carboxylic acids is 5. The van der Waals surface area contributed by atoms with Crippen LogP contribution in [0, 0.1) is 35.5 Å². The van der Waals surface area contributed by atoms with E-state index in [0.717, 1.165) is 108 Å². The molecule has 0 spiro atoms. The summed E-state index contributed by atoms with van der Waals surface area (Å²) in [7, 11) is 6.46. The number of hydrogen-bond acceptors (Lipinski definition) is 20. The lowest BCUT2D eigenvalue weighted by Gasteiger charge is -2.35. The summed E-state index contributed by atoms with van der Waals surface area (Å²) in [4.78, 5) is 143. The second-order valence-corrected chi connectivity index (χ2v) is 34.9. The summed E-state index contributed by atoms with van der Waals surface area (Å²) in [5, 5.41) is 53.0. The number of nitrogens with two attached hydrogens (primary N) is 1. The fourth-order valence-electron chi connectivity index (χ4n) is 13.8. The number of hydrogen-bond donors (Lipinski definition) is 11. The molecule has 5 amide bonds. The molecule has 3 unspecified atom stereocenters. The fourth-order valence-corrected chi connectivity index (χ4v) is 13.8. The van der Waals surface area contributed by atoms with Gasteiger partial charge in [0.1, 0.15) is 59.3 Å². The smallest absolute Gasteiger partial charge is 0.480 e. The Morgan fingerprint density at radius 1 is 0.409 bits per heavy atom. The standard InChI is InChI=1S/C30H49N3O5.C26H41N3O5.C21H32N2O4.C5H11NO.3C2HF3O2.ClH.4H2S/c1-10-30(16-11-12-17-33(9)19-30)22-14-13-15-23(18-22)37-28(36)32-24(20(2)3)26(34)31-25(21(4)5)27(35)38-29(6,7)8;1-7-26(13-8-9-14-29(6)16-26)19-11-10-12-20(15-19)34-25(33)28-21(17(2)3)23(30)27-22(18(4)5)24(31)32;1-5-21(11-6-7-12-23(4)14-21)16-9-8-10-17(13-16)27-20(26)22-18(15(2)3)19(24)25;1-4(2)5(6)3-7;3*3-2(4,5)1(6)7;;;;;/h13-15,18,20-21,24-25H,10-12,16-17,19H2,1-9H3,(H,31,34)(H,32,36);10-12,15,17-18,21-22H,7-9,13-14,16H2,1-6H3,(H,27,30)(H,28,33)(H,31,32);8-10,13,15,18H,5-7,11-12,14H2,1-4H3,(H,22,26)(H,24,25);3-5H,6H2,1-2H3;3*(H,6,7);1H;4*1H2/t24-,25-,30?;21-,22-,26?;18-,21?;5-;;;;;;;;/m0001......../s1. The first-order chi connectivity index (χ1) is 58.4. The number of esters is 1. The van der Waals surface area contributed by atoms with Crippen molar-refractivity contribution >= 4 is 139 Å². The number of amides is 5. The molecule has 44 heteroatoms. The summed E-state index contributed by atoms with van der Waals surface area (Å²) in [6.45, 7) is 39.8. The van der Waals surface area contributed by atoms with Crippen LogP contribution in [0.3, 0.4) is 0 Å². The number of carbonyl (C=O) groups excluding carboxylic acids is 7. The third-order valence-corrected chi connectivity index (χ3v) is 21.2. The lowest BCUT2D eigenvalue weighted by molar-refractivity contribution is -0.193. The van der Waals surface area contributed by atoms with Gasteiger partial charge in [-0.05, 0) is 208 Å². The van der Waals surface area contributed by atoms with E-state index in [0.29, 0.717) is 17.2 Å². The molecule has 3 aliphatic heterocycles. The molecule has 3 aromatic rings. The minimum Gasteiger partial charge on any atom is -0.480 e. The summed E-state index contributed by atoms with van der Waals surface area (Å²) < 4.78 is 117. The van der Waals surface area contributed by atoms with Gasteiger partial charge in [-0.2, -0.15) is 93.5 Å². The molecule has 6 rings (SSSR count). The highest BCUT2D eigenvalue weighted by atomic mass is 35.5.